The van der Waals surface area contributed by atoms with Gasteiger partial charge in [0.25, 0.3) is 0 Å². The van der Waals surface area contributed by atoms with Crippen LogP contribution in [0.15, 0.2) is 23.1 Å². The predicted octanol–water partition coefficient (Wildman–Crippen LogP) is 0.535. The molecule has 0 saturated heterocycles. The van der Waals surface area contributed by atoms with Gasteiger partial charge in [-0.05, 0) is 37.9 Å². The maximum Gasteiger partial charge on any atom is 0.238 e. The minimum absolute atomic E-state index is 0.0300. The Balaban J connectivity index is 3.27. The Bertz CT molecular complexity index is 457. The van der Waals surface area contributed by atoms with E-state index in [4.69, 9.17) is 5.14 Å². The molecule has 4 nitrogen and oxygen atoms in total. The number of benzene rings is 1. The van der Waals surface area contributed by atoms with Crippen molar-refractivity contribution in [1.29, 1.82) is 0 Å². The quantitative estimate of drug-likeness (QED) is 0.827. The van der Waals surface area contributed by atoms with Crippen molar-refractivity contribution in [3.8, 4) is 0 Å². The van der Waals surface area contributed by atoms with Gasteiger partial charge in [0.05, 0.1) is 4.90 Å². The van der Waals surface area contributed by atoms with Gasteiger partial charge < -0.3 is 4.90 Å². The first-order valence-electron chi connectivity index (χ1n) is 4.26. The van der Waals surface area contributed by atoms with Crippen LogP contribution in [0.25, 0.3) is 0 Å². The molecular weight excluding hydrogens is 219 g/mol. The normalized spacial score (nSPS) is 12.1. The maximum atomic E-state index is 12.9. The van der Waals surface area contributed by atoms with Crippen molar-refractivity contribution >= 4 is 10.0 Å². The maximum absolute atomic E-state index is 12.9. The highest BCUT2D eigenvalue weighted by Crippen LogP contribution is 2.16. The van der Waals surface area contributed by atoms with E-state index in [9.17, 15) is 12.8 Å². The van der Waals surface area contributed by atoms with Gasteiger partial charge in [0.15, 0.2) is 0 Å². The van der Waals surface area contributed by atoms with E-state index in [1.165, 1.54) is 12.1 Å². The average Bonchev–Trinajstić information content (AvgIpc) is 1.99. The number of primary sulfonamides is 1. The largest absolute Gasteiger partial charge is 0.305 e. The minimum Gasteiger partial charge on any atom is -0.305 e. The van der Waals surface area contributed by atoms with Gasteiger partial charge in [0.1, 0.15) is 5.82 Å². The van der Waals surface area contributed by atoms with Crippen LogP contribution in [-0.2, 0) is 16.6 Å². The summed E-state index contributed by atoms with van der Waals surface area (Å²) in [7, 11) is -0.266. The van der Waals surface area contributed by atoms with Gasteiger partial charge in [-0.25, -0.2) is 17.9 Å². The van der Waals surface area contributed by atoms with Gasteiger partial charge in [-0.1, -0.05) is 0 Å². The summed E-state index contributed by atoms with van der Waals surface area (Å²) in [6, 6.07) is 3.45. The van der Waals surface area contributed by atoms with Gasteiger partial charge in [0, 0.05) is 6.54 Å². The van der Waals surface area contributed by atoms with E-state index in [2.05, 4.69) is 0 Å². The summed E-state index contributed by atoms with van der Waals surface area (Å²) in [5, 5.41) is 5.01. The molecule has 0 unspecified atom stereocenters. The van der Waals surface area contributed by atoms with E-state index in [-0.39, 0.29) is 4.90 Å². The molecule has 0 atom stereocenters. The van der Waals surface area contributed by atoms with E-state index in [1.54, 1.807) is 19.0 Å². The Labute approximate surface area is 88.6 Å². The first kappa shape index (κ1) is 12.1. The third-order valence-electron chi connectivity index (χ3n) is 1.82. The molecule has 0 heterocycles. The van der Waals surface area contributed by atoms with Crippen molar-refractivity contribution in [1.82, 2.24) is 4.90 Å². The lowest BCUT2D eigenvalue weighted by Gasteiger charge is -2.12. The molecule has 0 amide bonds. The van der Waals surface area contributed by atoms with Crippen LogP contribution in [0.3, 0.4) is 0 Å². The fraction of sp³-hybridized carbons (Fsp3) is 0.333. The lowest BCUT2D eigenvalue weighted by Crippen LogP contribution is -2.18. The van der Waals surface area contributed by atoms with Crippen LogP contribution in [0, 0.1) is 5.82 Å². The molecule has 6 heteroatoms. The number of halogens is 1. The lowest BCUT2D eigenvalue weighted by molar-refractivity contribution is 0.397. The van der Waals surface area contributed by atoms with Gasteiger partial charge in [-0.2, -0.15) is 0 Å². The topological polar surface area (TPSA) is 63.4 Å². The van der Waals surface area contributed by atoms with Crippen LogP contribution in [-0.4, -0.2) is 27.4 Å². The first-order valence-corrected chi connectivity index (χ1v) is 5.81. The smallest absolute Gasteiger partial charge is 0.238 e. The highest BCUT2D eigenvalue weighted by atomic mass is 32.2. The monoisotopic (exact) mass is 232 g/mol. The van der Waals surface area contributed by atoms with Gasteiger partial charge in [-0.15, -0.1) is 0 Å². The second-order valence-electron chi connectivity index (χ2n) is 3.53. The van der Waals surface area contributed by atoms with E-state index in [0.29, 0.717) is 12.1 Å². The number of sulfonamides is 1. The molecule has 15 heavy (non-hydrogen) atoms. The number of hydrogen-bond donors (Lipinski definition) is 1. The van der Waals surface area contributed by atoms with E-state index < -0.39 is 15.8 Å². The van der Waals surface area contributed by atoms with Crippen LogP contribution in [0.1, 0.15) is 5.56 Å². The zero-order valence-corrected chi connectivity index (χ0v) is 9.38. The summed E-state index contributed by atoms with van der Waals surface area (Å²) in [4.78, 5) is 1.71. The Morgan fingerprint density at radius 1 is 1.40 bits per heavy atom. The standard InChI is InChI=1S/C9H13FN2O2S/c1-12(2)6-7-5-8(10)3-4-9(7)15(11,13)14/h3-5H,6H2,1-2H3,(H2,11,13,14). The SMILES string of the molecule is CN(C)Cc1cc(F)ccc1S(N)(=O)=O. The molecule has 1 rings (SSSR count). The molecule has 0 bridgehead atoms. The third-order valence-corrected chi connectivity index (χ3v) is 2.83. The fourth-order valence-electron chi connectivity index (χ4n) is 1.29. The second-order valence-corrected chi connectivity index (χ2v) is 5.06. The Hall–Kier alpha value is -0.980. The molecular formula is C9H13FN2O2S. The van der Waals surface area contributed by atoms with E-state index >= 15 is 0 Å². The molecule has 1 aromatic carbocycles. The molecule has 0 saturated carbocycles. The molecule has 0 aromatic heterocycles. The lowest BCUT2D eigenvalue weighted by atomic mass is 10.2. The summed E-state index contributed by atoms with van der Waals surface area (Å²) in [5.41, 5.74) is 0.363. The van der Waals surface area contributed by atoms with E-state index in [0.717, 1.165) is 6.07 Å². The van der Waals surface area contributed by atoms with E-state index in [1.807, 2.05) is 0 Å². The first-order chi connectivity index (χ1) is 6.80. The molecule has 84 valence electrons. The fourth-order valence-corrected chi connectivity index (χ4v) is 2.04. The van der Waals surface area contributed by atoms with Gasteiger partial charge in [-0.3, -0.25) is 0 Å². The minimum atomic E-state index is -3.79. The third kappa shape index (κ3) is 3.26. The van der Waals surface area contributed by atoms with Crippen molar-refractivity contribution in [3.05, 3.63) is 29.6 Å². The van der Waals surface area contributed by atoms with Crippen molar-refractivity contribution in [2.24, 2.45) is 5.14 Å². The number of hydrogen-bond acceptors (Lipinski definition) is 3. The van der Waals surface area contributed by atoms with Crippen molar-refractivity contribution in [2.75, 3.05) is 14.1 Å². The van der Waals surface area contributed by atoms with Crippen molar-refractivity contribution in [3.63, 3.8) is 0 Å². The van der Waals surface area contributed by atoms with Gasteiger partial charge in [0.2, 0.25) is 10.0 Å². The summed E-state index contributed by atoms with van der Waals surface area (Å²) in [6.45, 7) is 0.323. The van der Waals surface area contributed by atoms with Crippen molar-refractivity contribution in [2.45, 2.75) is 11.4 Å². The molecule has 0 aliphatic rings. The Morgan fingerprint density at radius 3 is 2.47 bits per heavy atom. The van der Waals surface area contributed by atoms with Crippen molar-refractivity contribution < 1.29 is 12.8 Å². The van der Waals surface area contributed by atoms with Crippen LogP contribution in [0.5, 0.6) is 0 Å². The second kappa shape index (κ2) is 4.26. The van der Waals surface area contributed by atoms with Crippen LogP contribution < -0.4 is 5.14 Å². The Morgan fingerprint density at radius 2 is 2.00 bits per heavy atom. The summed E-state index contributed by atoms with van der Waals surface area (Å²) < 4.78 is 35.3. The number of rotatable bonds is 3. The summed E-state index contributed by atoms with van der Waals surface area (Å²) >= 11 is 0. The highest BCUT2D eigenvalue weighted by Gasteiger charge is 2.14. The van der Waals surface area contributed by atoms with Crippen LogP contribution in [0.2, 0.25) is 0 Å². The van der Waals surface area contributed by atoms with Crippen LogP contribution in [0.4, 0.5) is 4.39 Å². The Kier molecular flexibility index (Phi) is 3.43. The highest BCUT2D eigenvalue weighted by molar-refractivity contribution is 7.89. The number of nitrogens with two attached hydrogens (primary N) is 1. The zero-order chi connectivity index (χ0) is 11.6. The van der Waals surface area contributed by atoms with Gasteiger partial charge >= 0.3 is 0 Å². The molecule has 0 aliphatic carbocycles. The molecule has 0 spiro atoms. The van der Waals surface area contributed by atoms with Crippen LogP contribution >= 0.6 is 0 Å². The molecule has 2 N–H and O–H groups in total. The molecule has 0 aliphatic heterocycles. The zero-order valence-electron chi connectivity index (χ0n) is 8.57. The summed E-state index contributed by atoms with van der Waals surface area (Å²) in [5.74, 6) is -0.473. The summed E-state index contributed by atoms with van der Waals surface area (Å²) in [6.07, 6.45) is 0. The molecule has 0 fully saturated rings. The number of nitrogens with zero attached hydrogens (tertiary/aromatic N) is 1. The average molecular weight is 232 g/mol. The predicted molar refractivity (Wildman–Crippen MR) is 55.2 cm³/mol. The molecule has 0 radical (unpaired) electrons. The molecule has 1 aromatic rings.